The van der Waals surface area contributed by atoms with Crippen molar-refractivity contribution in [2.75, 3.05) is 60.6 Å². The van der Waals surface area contributed by atoms with E-state index in [2.05, 4.69) is 26.8 Å². The summed E-state index contributed by atoms with van der Waals surface area (Å²) in [5, 5.41) is 0. The smallest absolute Gasteiger partial charge is 0.355 e. The summed E-state index contributed by atoms with van der Waals surface area (Å²) in [5.41, 5.74) is -18.5. The van der Waals surface area contributed by atoms with Crippen LogP contribution < -0.4 is 0 Å². The van der Waals surface area contributed by atoms with Crippen LogP contribution in [0, 0.1) is 5.41 Å². The molecule has 27 heteroatoms. The third-order valence-electron chi connectivity index (χ3n) is 3.56. The number of hydrogen-bond donors (Lipinski definition) is 0. The van der Waals surface area contributed by atoms with Crippen LogP contribution in [-0.2, 0) is 71.3 Å². The Labute approximate surface area is 225 Å². The molecule has 0 aromatic rings. The molecule has 0 aliphatic carbocycles. The minimum atomic E-state index is -5.96. The van der Waals surface area contributed by atoms with E-state index in [9.17, 15) is 64.8 Å². The second-order valence-electron chi connectivity index (χ2n) is 7.23. The van der Waals surface area contributed by atoms with E-state index in [1.165, 1.54) is 6.92 Å². The second kappa shape index (κ2) is 16.1. The maximum Gasteiger partial charge on any atom is 0.523 e. The van der Waals surface area contributed by atoms with Crippen LogP contribution in [0.4, 0.5) is 39.5 Å². The fourth-order valence-electron chi connectivity index (χ4n) is 1.76. The van der Waals surface area contributed by atoms with E-state index in [4.69, 9.17) is 14.2 Å². The molecule has 0 amide bonds. The van der Waals surface area contributed by atoms with Crippen molar-refractivity contribution in [2.24, 2.45) is 5.41 Å². The molecule has 0 saturated heterocycles. The summed E-state index contributed by atoms with van der Waals surface area (Å²) in [4.78, 5) is 0. The summed E-state index contributed by atoms with van der Waals surface area (Å²) in [6.07, 6.45) is 0. The molecule has 0 saturated carbocycles. The molecule has 0 rings (SSSR count). The highest BCUT2D eigenvalue weighted by atomic mass is 32.2. The number of ether oxygens (including phenoxy) is 6. The Hall–Kier alpha value is -1.14. The summed E-state index contributed by atoms with van der Waals surface area (Å²) in [6, 6.07) is 0. The van der Waals surface area contributed by atoms with Crippen molar-refractivity contribution in [2.45, 2.75) is 23.4 Å². The van der Waals surface area contributed by atoms with Gasteiger partial charge in [-0.1, -0.05) is 6.92 Å². The minimum Gasteiger partial charge on any atom is -0.355 e. The standard InChI is InChI=1S/C14H21F9O15S3/c1-11(2-30-5-33-8-36-39(24,25)12(15,16)17,3-31-6-34-9-37-40(26,27)13(18,19)20)4-32-7-35-10-38-41(28,29)14(21,22)23/h2-10H2,1H3. The van der Waals surface area contributed by atoms with Gasteiger partial charge in [-0.25, -0.2) is 12.5 Å². The van der Waals surface area contributed by atoms with Crippen LogP contribution in [0.2, 0.25) is 0 Å². The summed E-state index contributed by atoms with van der Waals surface area (Å²) in [7, 11) is -17.9. The van der Waals surface area contributed by atoms with Crippen molar-refractivity contribution in [3.8, 4) is 0 Å². The van der Waals surface area contributed by atoms with Crippen molar-refractivity contribution in [3.05, 3.63) is 0 Å². The Morgan fingerprint density at radius 2 is 0.634 bits per heavy atom. The van der Waals surface area contributed by atoms with E-state index in [1.54, 1.807) is 0 Å². The maximum absolute atomic E-state index is 12.2. The lowest BCUT2D eigenvalue weighted by Gasteiger charge is -2.28. The van der Waals surface area contributed by atoms with Crippen molar-refractivity contribution in [3.63, 3.8) is 0 Å². The number of hydrogen-bond acceptors (Lipinski definition) is 15. The van der Waals surface area contributed by atoms with Gasteiger partial charge >= 0.3 is 46.9 Å². The highest BCUT2D eigenvalue weighted by molar-refractivity contribution is 7.88. The summed E-state index contributed by atoms with van der Waals surface area (Å²) >= 11 is 0. The van der Waals surface area contributed by atoms with E-state index < -0.39 is 113 Å². The molecule has 0 atom stereocenters. The molecule has 0 heterocycles. The van der Waals surface area contributed by atoms with E-state index >= 15 is 0 Å². The third-order valence-corrected chi connectivity index (χ3v) is 6.48. The van der Waals surface area contributed by atoms with Gasteiger partial charge in [0.1, 0.15) is 20.4 Å². The van der Waals surface area contributed by atoms with E-state index in [-0.39, 0.29) is 0 Å². The lowest BCUT2D eigenvalue weighted by Crippen LogP contribution is -2.35. The fraction of sp³-hybridized carbons (Fsp3) is 1.00. The Balaban J connectivity index is 4.75. The molecular formula is C14H21F9O15S3. The zero-order valence-electron chi connectivity index (χ0n) is 20.1. The Bertz CT molecular complexity index is 951. The van der Waals surface area contributed by atoms with Crippen LogP contribution >= 0.6 is 0 Å². The minimum absolute atomic E-state index is 0.517. The predicted molar refractivity (Wildman–Crippen MR) is 107 cm³/mol. The van der Waals surface area contributed by atoms with E-state index in [0.29, 0.717) is 0 Å². The van der Waals surface area contributed by atoms with Gasteiger partial charge in [-0.3, -0.25) is 0 Å². The molecule has 0 bridgehead atoms. The van der Waals surface area contributed by atoms with Crippen LogP contribution in [-0.4, -0.2) is 102 Å². The first kappa shape index (κ1) is 39.9. The monoisotopic (exact) mass is 696 g/mol. The Morgan fingerprint density at radius 1 is 0.415 bits per heavy atom. The van der Waals surface area contributed by atoms with Crippen molar-refractivity contribution in [1.29, 1.82) is 0 Å². The lowest BCUT2D eigenvalue weighted by molar-refractivity contribution is -0.172. The molecule has 0 radical (unpaired) electrons. The average molecular weight is 696 g/mol. The molecule has 0 spiro atoms. The van der Waals surface area contributed by atoms with Gasteiger partial charge in [-0.05, 0) is 0 Å². The molecule has 0 aromatic heterocycles. The number of rotatable bonds is 21. The topological polar surface area (TPSA) is 185 Å². The summed E-state index contributed by atoms with van der Waals surface area (Å²) in [5.74, 6) is 0. The van der Waals surface area contributed by atoms with Crippen LogP contribution in [0.1, 0.15) is 6.92 Å². The highest BCUT2D eigenvalue weighted by Crippen LogP contribution is 2.26. The number of alkyl halides is 9. The highest BCUT2D eigenvalue weighted by Gasteiger charge is 2.48. The molecule has 0 aromatic carbocycles. The van der Waals surface area contributed by atoms with Crippen LogP contribution in [0.3, 0.4) is 0 Å². The van der Waals surface area contributed by atoms with Crippen LogP contribution in [0.15, 0.2) is 0 Å². The zero-order valence-corrected chi connectivity index (χ0v) is 22.6. The molecule has 0 aliphatic rings. The van der Waals surface area contributed by atoms with Gasteiger partial charge in [0, 0.05) is 5.41 Å². The molecule has 41 heavy (non-hydrogen) atoms. The molecule has 0 fully saturated rings. The molecular weight excluding hydrogens is 675 g/mol. The van der Waals surface area contributed by atoms with Gasteiger partial charge in [0.25, 0.3) is 0 Å². The van der Waals surface area contributed by atoms with Gasteiger partial charge < -0.3 is 28.4 Å². The predicted octanol–water partition coefficient (Wildman–Crippen LogP) is 1.44. The van der Waals surface area contributed by atoms with Gasteiger partial charge in [0.2, 0.25) is 0 Å². The molecule has 0 aliphatic heterocycles. The fourth-order valence-corrected chi connectivity index (χ4v) is 2.75. The van der Waals surface area contributed by atoms with Crippen molar-refractivity contribution < 1.29 is 106 Å². The quantitative estimate of drug-likeness (QED) is 0.0552. The first-order valence-electron chi connectivity index (χ1n) is 9.70. The molecule has 248 valence electrons. The summed E-state index contributed by atoms with van der Waals surface area (Å²) < 4.78 is 212. The summed E-state index contributed by atoms with van der Waals surface area (Å²) in [6.45, 7) is -7.19. The molecule has 0 unspecified atom stereocenters. The van der Waals surface area contributed by atoms with Gasteiger partial charge in [0.05, 0.1) is 19.8 Å². The third kappa shape index (κ3) is 15.2. The van der Waals surface area contributed by atoms with Gasteiger partial charge in [-0.2, -0.15) is 64.8 Å². The Kier molecular flexibility index (Phi) is 15.6. The van der Waals surface area contributed by atoms with Crippen molar-refractivity contribution in [1.82, 2.24) is 0 Å². The average Bonchev–Trinajstić information content (AvgIpc) is 2.78. The normalized spacial score (nSPS) is 14.5. The second-order valence-corrected chi connectivity index (χ2v) is 12.0. The largest absolute Gasteiger partial charge is 0.523 e. The maximum atomic E-state index is 12.2. The van der Waals surface area contributed by atoms with Crippen molar-refractivity contribution >= 4 is 30.4 Å². The lowest BCUT2D eigenvalue weighted by atomic mass is 9.94. The first-order valence-corrected chi connectivity index (χ1v) is 13.9. The molecule has 15 nitrogen and oxygen atoms in total. The zero-order chi connectivity index (χ0) is 32.2. The SMILES string of the molecule is CC(COCOCOS(=O)(=O)C(F)(F)F)(COCOCOS(=O)(=O)C(F)(F)F)COCOCOS(=O)(=O)C(F)(F)F. The van der Waals surface area contributed by atoms with E-state index in [1.807, 2.05) is 0 Å². The number of halogens is 9. The van der Waals surface area contributed by atoms with Gasteiger partial charge in [0.15, 0.2) is 20.4 Å². The first-order chi connectivity index (χ1) is 18.4. The van der Waals surface area contributed by atoms with Crippen LogP contribution in [0.5, 0.6) is 0 Å². The van der Waals surface area contributed by atoms with E-state index in [0.717, 1.165) is 0 Å². The van der Waals surface area contributed by atoms with Crippen LogP contribution in [0.25, 0.3) is 0 Å². The molecule has 0 N–H and O–H groups in total. The van der Waals surface area contributed by atoms with Gasteiger partial charge in [-0.15, -0.1) is 0 Å². The Morgan fingerprint density at radius 3 is 0.829 bits per heavy atom.